The molecule has 2 aromatic carbocycles. The zero-order valence-corrected chi connectivity index (χ0v) is 20.0. The zero-order chi connectivity index (χ0) is 23.0. The van der Waals surface area contributed by atoms with E-state index in [2.05, 4.69) is 5.32 Å². The lowest BCUT2D eigenvalue weighted by atomic mass is 10.1. The van der Waals surface area contributed by atoms with Crippen LogP contribution in [0.15, 0.2) is 42.5 Å². The summed E-state index contributed by atoms with van der Waals surface area (Å²) in [7, 11) is 0. The Kier molecular flexibility index (Phi) is 9.66. The molecule has 0 aliphatic rings. The molecule has 0 saturated carbocycles. The van der Waals surface area contributed by atoms with Crippen LogP contribution < -0.4 is 10.1 Å². The molecule has 0 aliphatic heterocycles. The van der Waals surface area contributed by atoms with Crippen LogP contribution in [0.1, 0.15) is 44.7 Å². The van der Waals surface area contributed by atoms with Gasteiger partial charge in [0.05, 0.1) is 5.02 Å². The fourth-order valence-electron chi connectivity index (χ4n) is 3.15. The predicted octanol–water partition coefficient (Wildman–Crippen LogP) is 5.40. The number of ether oxygens (including phenoxy) is 1. The highest BCUT2D eigenvalue weighted by Crippen LogP contribution is 2.27. The molecule has 2 atom stereocenters. The summed E-state index contributed by atoms with van der Waals surface area (Å²) >= 11 is 12.1. The van der Waals surface area contributed by atoms with Gasteiger partial charge in [-0.15, -0.1) is 0 Å². The minimum Gasteiger partial charge on any atom is -0.482 e. The number of hydrogen-bond acceptors (Lipinski definition) is 3. The molecule has 0 fully saturated rings. The lowest BCUT2D eigenvalue weighted by molar-refractivity contribution is -0.143. The second-order valence-corrected chi connectivity index (χ2v) is 8.40. The number of carbonyl (C=O) groups is 2. The molecule has 168 valence electrons. The average Bonchev–Trinajstić information content (AvgIpc) is 2.74. The van der Waals surface area contributed by atoms with Gasteiger partial charge in [-0.05, 0) is 56.0 Å². The number of nitrogens with one attached hydrogen (secondary N) is 1. The molecule has 0 radical (unpaired) electrons. The molecule has 2 amide bonds. The van der Waals surface area contributed by atoms with Crippen LogP contribution in [-0.2, 0) is 16.1 Å². The van der Waals surface area contributed by atoms with Crippen LogP contribution in [0.3, 0.4) is 0 Å². The number of carbonyl (C=O) groups excluding carboxylic acids is 2. The van der Waals surface area contributed by atoms with Gasteiger partial charge in [-0.1, -0.05) is 61.3 Å². The maximum absolute atomic E-state index is 13.2. The van der Waals surface area contributed by atoms with Gasteiger partial charge in [0, 0.05) is 17.6 Å². The molecule has 0 saturated heterocycles. The van der Waals surface area contributed by atoms with Crippen molar-refractivity contribution in [1.82, 2.24) is 10.2 Å². The second-order valence-electron chi connectivity index (χ2n) is 7.55. The summed E-state index contributed by atoms with van der Waals surface area (Å²) in [5.41, 5.74) is 2.04. The van der Waals surface area contributed by atoms with Crippen LogP contribution in [0.2, 0.25) is 10.0 Å². The fourth-order valence-corrected chi connectivity index (χ4v) is 3.61. The first kappa shape index (κ1) is 25.0. The number of nitrogens with zero attached hydrogens (tertiary/aromatic N) is 1. The van der Waals surface area contributed by atoms with E-state index >= 15 is 0 Å². The normalized spacial score (nSPS) is 12.7. The van der Waals surface area contributed by atoms with Crippen molar-refractivity contribution >= 4 is 35.0 Å². The molecule has 0 bridgehead atoms. The Labute approximate surface area is 194 Å². The summed E-state index contributed by atoms with van der Waals surface area (Å²) in [6.45, 7) is 7.92. The molecule has 1 N–H and O–H groups in total. The lowest BCUT2D eigenvalue weighted by Crippen LogP contribution is -2.51. The third kappa shape index (κ3) is 7.15. The van der Waals surface area contributed by atoms with Gasteiger partial charge in [0.25, 0.3) is 5.91 Å². The van der Waals surface area contributed by atoms with E-state index in [1.165, 1.54) is 0 Å². The Hall–Kier alpha value is -2.24. The van der Waals surface area contributed by atoms with Crippen molar-refractivity contribution in [3.8, 4) is 5.75 Å². The third-order valence-corrected chi connectivity index (χ3v) is 5.76. The van der Waals surface area contributed by atoms with Crippen LogP contribution in [0.4, 0.5) is 0 Å². The van der Waals surface area contributed by atoms with E-state index in [1.807, 2.05) is 52.0 Å². The molecule has 2 rings (SSSR count). The van der Waals surface area contributed by atoms with Gasteiger partial charge in [-0.2, -0.15) is 0 Å². The van der Waals surface area contributed by atoms with E-state index in [4.69, 9.17) is 27.9 Å². The summed E-state index contributed by atoms with van der Waals surface area (Å²) in [5, 5.41) is 3.81. The van der Waals surface area contributed by atoms with E-state index < -0.39 is 6.04 Å². The van der Waals surface area contributed by atoms with Gasteiger partial charge in [-0.25, -0.2) is 0 Å². The summed E-state index contributed by atoms with van der Waals surface area (Å²) in [5.74, 6) is -0.0869. The standard InChI is InChI=1S/C24H30Cl2N2O3/c1-5-17(4)27-24(30)21(6-2)28(14-18-10-8-7-9-16(18)3)23(29)15-31-22-12-11-19(25)13-20(22)26/h7-13,17,21H,5-6,14-15H2,1-4H3,(H,27,30)/t17-,21+/m0/s1. The average molecular weight is 465 g/mol. The Morgan fingerprint density at radius 3 is 2.42 bits per heavy atom. The van der Waals surface area contributed by atoms with Gasteiger partial charge < -0.3 is 15.0 Å². The second kappa shape index (κ2) is 12.0. The SMILES string of the molecule is CC[C@H](C(=O)N[C@@H](C)CC)N(Cc1ccccc1C)C(=O)COc1ccc(Cl)cc1Cl. The molecular weight excluding hydrogens is 435 g/mol. The van der Waals surface area contributed by atoms with E-state index in [0.29, 0.717) is 28.8 Å². The molecule has 0 aliphatic carbocycles. The Balaban J connectivity index is 2.25. The van der Waals surface area contributed by atoms with Crippen molar-refractivity contribution in [2.24, 2.45) is 0 Å². The number of rotatable bonds is 10. The number of aryl methyl sites for hydroxylation is 1. The minimum atomic E-state index is -0.606. The molecule has 0 heterocycles. The van der Waals surface area contributed by atoms with Crippen molar-refractivity contribution in [1.29, 1.82) is 0 Å². The van der Waals surface area contributed by atoms with Crippen LogP contribution in [0.5, 0.6) is 5.75 Å². The van der Waals surface area contributed by atoms with Gasteiger partial charge in [-0.3, -0.25) is 9.59 Å². The summed E-state index contributed by atoms with van der Waals surface area (Å²) in [6, 6.07) is 12.1. The summed E-state index contributed by atoms with van der Waals surface area (Å²) < 4.78 is 5.67. The van der Waals surface area contributed by atoms with Gasteiger partial charge in [0.2, 0.25) is 5.91 Å². The maximum Gasteiger partial charge on any atom is 0.261 e. The lowest BCUT2D eigenvalue weighted by Gasteiger charge is -2.31. The number of amides is 2. The quantitative estimate of drug-likeness (QED) is 0.511. The van der Waals surface area contributed by atoms with Gasteiger partial charge >= 0.3 is 0 Å². The fraction of sp³-hybridized carbons (Fsp3) is 0.417. The molecule has 0 unspecified atom stereocenters. The molecule has 31 heavy (non-hydrogen) atoms. The van der Waals surface area contributed by atoms with Crippen molar-refractivity contribution in [3.63, 3.8) is 0 Å². The van der Waals surface area contributed by atoms with Gasteiger partial charge in [0.1, 0.15) is 11.8 Å². The smallest absolute Gasteiger partial charge is 0.261 e. The molecule has 0 aromatic heterocycles. The monoisotopic (exact) mass is 464 g/mol. The topological polar surface area (TPSA) is 58.6 Å². The number of benzene rings is 2. The van der Waals surface area contributed by atoms with Crippen molar-refractivity contribution in [2.45, 2.75) is 59.2 Å². The van der Waals surface area contributed by atoms with Gasteiger partial charge in [0.15, 0.2) is 6.61 Å². The van der Waals surface area contributed by atoms with Crippen LogP contribution in [-0.4, -0.2) is 35.4 Å². The molecule has 5 nitrogen and oxygen atoms in total. The van der Waals surface area contributed by atoms with Crippen LogP contribution in [0.25, 0.3) is 0 Å². The minimum absolute atomic E-state index is 0.0288. The van der Waals surface area contributed by atoms with Crippen molar-refractivity contribution in [2.75, 3.05) is 6.61 Å². The third-order valence-electron chi connectivity index (χ3n) is 5.23. The van der Waals surface area contributed by atoms with E-state index in [9.17, 15) is 9.59 Å². The maximum atomic E-state index is 13.2. The Morgan fingerprint density at radius 2 is 1.81 bits per heavy atom. The molecule has 2 aromatic rings. The zero-order valence-electron chi connectivity index (χ0n) is 18.5. The molecular formula is C24H30Cl2N2O3. The first-order valence-corrected chi connectivity index (χ1v) is 11.2. The molecule has 7 heteroatoms. The summed E-state index contributed by atoms with van der Waals surface area (Å²) in [4.78, 5) is 27.8. The van der Waals surface area contributed by atoms with Crippen LogP contribution >= 0.6 is 23.2 Å². The Morgan fingerprint density at radius 1 is 1.10 bits per heavy atom. The molecule has 0 spiro atoms. The van der Waals surface area contributed by atoms with Crippen molar-refractivity contribution in [3.05, 3.63) is 63.6 Å². The largest absolute Gasteiger partial charge is 0.482 e. The van der Waals surface area contributed by atoms with Crippen LogP contribution in [0, 0.1) is 6.92 Å². The summed E-state index contributed by atoms with van der Waals surface area (Å²) in [6.07, 6.45) is 1.30. The highest BCUT2D eigenvalue weighted by Gasteiger charge is 2.30. The first-order valence-electron chi connectivity index (χ1n) is 10.5. The predicted molar refractivity (Wildman–Crippen MR) is 126 cm³/mol. The van der Waals surface area contributed by atoms with E-state index in [-0.39, 0.29) is 24.5 Å². The highest BCUT2D eigenvalue weighted by atomic mass is 35.5. The first-order chi connectivity index (χ1) is 14.8. The van der Waals surface area contributed by atoms with Crippen molar-refractivity contribution < 1.29 is 14.3 Å². The van der Waals surface area contributed by atoms with E-state index in [0.717, 1.165) is 17.5 Å². The number of hydrogen-bond donors (Lipinski definition) is 1. The van der Waals surface area contributed by atoms with E-state index in [1.54, 1.807) is 23.1 Å². The highest BCUT2D eigenvalue weighted by molar-refractivity contribution is 6.35. The Bertz CT molecular complexity index is 904. The number of halogens is 2.